The maximum absolute atomic E-state index is 6.36. The molecule has 0 spiro atoms. The monoisotopic (exact) mass is 369 g/mol. The molecule has 21 heavy (non-hydrogen) atoms. The molecule has 1 N–H and O–H groups in total. The number of benzene rings is 1. The number of furan rings is 1. The van der Waals surface area contributed by atoms with Crippen molar-refractivity contribution >= 4 is 27.5 Å². The van der Waals surface area contributed by atoms with Crippen LogP contribution in [0.25, 0.3) is 0 Å². The van der Waals surface area contributed by atoms with Crippen LogP contribution in [0.2, 0.25) is 5.02 Å². The lowest BCUT2D eigenvalue weighted by Crippen LogP contribution is -2.24. The van der Waals surface area contributed by atoms with Crippen molar-refractivity contribution in [3.05, 3.63) is 55.9 Å². The molecule has 1 aromatic heterocycles. The number of hydrogen-bond donors (Lipinski definition) is 1. The summed E-state index contributed by atoms with van der Waals surface area (Å²) in [6.07, 6.45) is 0.848. The quantitative estimate of drug-likeness (QED) is 0.750. The molecular formula is C17H21BrClNO. The van der Waals surface area contributed by atoms with Crippen LogP contribution in [0.15, 0.2) is 27.1 Å². The summed E-state index contributed by atoms with van der Waals surface area (Å²) in [5.41, 5.74) is 3.63. The van der Waals surface area contributed by atoms with E-state index >= 15 is 0 Å². The van der Waals surface area contributed by atoms with Crippen LogP contribution in [0.1, 0.15) is 41.2 Å². The van der Waals surface area contributed by atoms with Crippen LogP contribution in [0.5, 0.6) is 0 Å². The average molecular weight is 371 g/mol. The fraction of sp³-hybridized carbons (Fsp3) is 0.412. The molecule has 0 fully saturated rings. The Morgan fingerprint density at radius 1 is 1.24 bits per heavy atom. The maximum Gasteiger partial charge on any atom is 0.106 e. The second kappa shape index (κ2) is 6.99. The van der Waals surface area contributed by atoms with Gasteiger partial charge in [0.15, 0.2) is 0 Å². The molecule has 0 bridgehead atoms. The molecule has 0 amide bonds. The lowest BCUT2D eigenvalue weighted by Gasteiger charge is -2.19. The van der Waals surface area contributed by atoms with Crippen LogP contribution in [0, 0.1) is 20.8 Å². The summed E-state index contributed by atoms with van der Waals surface area (Å²) in [6.45, 7) is 9.19. The van der Waals surface area contributed by atoms with Crippen molar-refractivity contribution in [2.45, 2.75) is 40.2 Å². The molecular weight excluding hydrogens is 350 g/mol. The minimum atomic E-state index is 0.214. The highest BCUT2D eigenvalue weighted by molar-refractivity contribution is 9.10. The smallest absolute Gasteiger partial charge is 0.106 e. The van der Waals surface area contributed by atoms with Crippen LogP contribution in [-0.4, -0.2) is 6.54 Å². The van der Waals surface area contributed by atoms with Gasteiger partial charge in [-0.3, -0.25) is 0 Å². The zero-order valence-corrected chi connectivity index (χ0v) is 15.2. The van der Waals surface area contributed by atoms with Gasteiger partial charge in [-0.15, -0.1) is 0 Å². The van der Waals surface area contributed by atoms with Crippen LogP contribution >= 0.6 is 27.5 Å². The largest absolute Gasteiger partial charge is 0.466 e. The molecule has 0 radical (unpaired) electrons. The van der Waals surface area contributed by atoms with Crippen molar-refractivity contribution in [3.63, 3.8) is 0 Å². The second-order valence-electron chi connectivity index (χ2n) is 5.30. The number of halogens is 2. The number of nitrogens with one attached hydrogen (secondary N) is 1. The van der Waals surface area contributed by atoms with E-state index in [4.69, 9.17) is 16.0 Å². The predicted molar refractivity (Wildman–Crippen MR) is 92.2 cm³/mol. The zero-order chi connectivity index (χ0) is 15.6. The van der Waals surface area contributed by atoms with E-state index in [9.17, 15) is 0 Å². The fourth-order valence-corrected chi connectivity index (χ4v) is 3.50. The Labute approximate surface area is 140 Å². The first-order chi connectivity index (χ1) is 9.93. The van der Waals surface area contributed by atoms with Gasteiger partial charge in [0, 0.05) is 21.1 Å². The zero-order valence-electron chi connectivity index (χ0n) is 12.9. The SMILES string of the molecule is CCNC(Cc1ccc(Br)cc1Cl)c1c(C)oc(C)c1C. The van der Waals surface area contributed by atoms with Gasteiger partial charge in [-0.2, -0.15) is 0 Å². The van der Waals surface area contributed by atoms with E-state index in [0.717, 1.165) is 39.5 Å². The highest BCUT2D eigenvalue weighted by Gasteiger charge is 2.21. The molecule has 1 heterocycles. The Hall–Kier alpha value is -0.770. The Morgan fingerprint density at radius 2 is 1.95 bits per heavy atom. The fourth-order valence-electron chi connectivity index (χ4n) is 2.75. The lowest BCUT2D eigenvalue weighted by atomic mass is 9.95. The van der Waals surface area contributed by atoms with Gasteiger partial charge in [0.1, 0.15) is 11.5 Å². The van der Waals surface area contributed by atoms with E-state index in [0.29, 0.717) is 0 Å². The molecule has 0 saturated carbocycles. The number of likely N-dealkylation sites (N-methyl/N-ethyl adjacent to an activating group) is 1. The molecule has 0 aliphatic rings. The number of hydrogen-bond acceptors (Lipinski definition) is 2. The van der Waals surface area contributed by atoms with Gasteiger partial charge in [-0.1, -0.05) is 40.5 Å². The Balaban J connectivity index is 2.35. The first kappa shape index (κ1) is 16.6. The normalized spacial score (nSPS) is 12.7. The highest BCUT2D eigenvalue weighted by Crippen LogP contribution is 2.31. The summed E-state index contributed by atoms with van der Waals surface area (Å²) >= 11 is 9.81. The van der Waals surface area contributed by atoms with Crippen LogP contribution in [-0.2, 0) is 6.42 Å². The summed E-state index contributed by atoms with van der Waals surface area (Å²) in [6, 6.07) is 6.27. The number of aryl methyl sites for hydroxylation is 2. The Bertz CT molecular complexity index is 636. The molecule has 1 aromatic carbocycles. The van der Waals surface area contributed by atoms with E-state index in [1.54, 1.807) is 0 Å². The van der Waals surface area contributed by atoms with Gasteiger partial charge >= 0.3 is 0 Å². The standard InChI is InChI=1S/C17H21BrClNO/c1-5-20-16(17-10(2)11(3)21-12(17)4)8-13-6-7-14(18)9-15(13)19/h6-7,9,16,20H,5,8H2,1-4H3. The minimum Gasteiger partial charge on any atom is -0.466 e. The molecule has 1 atom stereocenters. The molecule has 114 valence electrons. The molecule has 1 unspecified atom stereocenters. The summed E-state index contributed by atoms with van der Waals surface area (Å²) in [4.78, 5) is 0. The van der Waals surface area contributed by atoms with Crippen LogP contribution in [0.4, 0.5) is 0 Å². The molecule has 2 rings (SSSR count). The highest BCUT2D eigenvalue weighted by atomic mass is 79.9. The third-order valence-corrected chi connectivity index (χ3v) is 4.70. The summed E-state index contributed by atoms with van der Waals surface area (Å²) < 4.78 is 6.78. The van der Waals surface area contributed by atoms with Crippen molar-refractivity contribution < 1.29 is 4.42 Å². The molecule has 2 aromatic rings. The van der Waals surface area contributed by atoms with Gasteiger partial charge in [0.2, 0.25) is 0 Å². The first-order valence-electron chi connectivity index (χ1n) is 7.17. The maximum atomic E-state index is 6.36. The molecule has 2 nitrogen and oxygen atoms in total. The Morgan fingerprint density at radius 3 is 2.48 bits per heavy atom. The minimum absolute atomic E-state index is 0.214. The van der Waals surface area contributed by atoms with E-state index in [2.05, 4.69) is 41.2 Å². The van der Waals surface area contributed by atoms with Crippen molar-refractivity contribution in [2.75, 3.05) is 6.54 Å². The van der Waals surface area contributed by atoms with Crippen molar-refractivity contribution in [2.24, 2.45) is 0 Å². The second-order valence-corrected chi connectivity index (χ2v) is 6.63. The van der Waals surface area contributed by atoms with E-state index in [-0.39, 0.29) is 6.04 Å². The van der Waals surface area contributed by atoms with Crippen molar-refractivity contribution in [3.8, 4) is 0 Å². The van der Waals surface area contributed by atoms with Crippen molar-refractivity contribution in [1.29, 1.82) is 0 Å². The molecule has 0 aliphatic heterocycles. The predicted octanol–water partition coefficient (Wildman–Crippen LogP) is 5.51. The molecule has 0 saturated heterocycles. The van der Waals surface area contributed by atoms with E-state index < -0.39 is 0 Å². The summed E-state index contributed by atoms with van der Waals surface area (Å²) in [5.74, 6) is 1.98. The summed E-state index contributed by atoms with van der Waals surface area (Å²) in [7, 11) is 0. The third kappa shape index (κ3) is 3.71. The van der Waals surface area contributed by atoms with Crippen LogP contribution < -0.4 is 5.32 Å². The van der Waals surface area contributed by atoms with Gasteiger partial charge in [0.05, 0.1) is 0 Å². The average Bonchev–Trinajstić information content (AvgIpc) is 2.66. The van der Waals surface area contributed by atoms with Gasteiger partial charge < -0.3 is 9.73 Å². The molecule has 0 aliphatic carbocycles. The van der Waals surface area contributed by atoms with E-state index in [1.807, 2.05) is 26.0 Å². The lowest BCUT2D eigenvalue weighted by molar-refractivity contribution is 0.484. The first-order valence-corrected chi connectivity index (χ1v) is 8.35. The van der Waals surface area contributed by atoms with Gasteiger partial charge in [-0.25, -0.2) is 0 Å². The topological polar surface area (TPSA) is 25.2 Å². The van der Waals surface area contributed by atoms with Gasteiger partial charge in [-0.05, 0) is 57.0 Å². The van der Waals surface area contributed by atoms with Gasteiger partial charge in [0.25, 0.3) is 0 Å². The van der Waals surface area contributed by atoms with E-state index in [1.165, 1.54) is 11.1 Å². The van der Waals surface area contributed by atoms with Crippen molar-refractivity contribution in [1.82, 2.24) is 5.32 Å². The molecule has 4 heteroatoms. The summed E-state index contributed by atoms with van der Waals surface area (Å²) in [5, 5.41) is 4.35. The Kier molecular flexibility index (Phi) is 5.53. The van der Waals surface area contributed by atoms with Crippen LogP contribution in [0.3, 0.4) is 0 Å². The number of rotatable bonds is 5. The third-order valence-electron chi connectivity index (χ3n) is 3.86.